The number of halogens is 1. The maximum Gasteiger partial charge on any atom is 0.312 e. The van der Waals surface area contributed by atoms with E-state index in [1.165, 1.54) is 7.11 Å². The number of fused-ring (bicyclic) bond motifs is 2. The summed E-state index contributed by atoms with van der Waals surface area (Å²) in [6, 6.07) is 11.9. The minimum atomic E-state index is -0.835. The fraction of sp³-hybridized carbons (Fsp3) is 0.333. The Hall–Kier alpha value is -2.29. The van der Waals surface area contributed by atoms with Crippen molar-refractivity contribution in [2.45, 2.75) is 32.6 Å². The van der Waals surface area contributed by atoms with Crippen LogP contribution in [0.4, 0.5) is 0 Å². The Balaban J connectivity index is 1.90. The van der Waals surface area contributed by atoms with Crippen molar-refractivity contribution in [2.75, 3.05) is 7.11 Å². The van der Waals surface area contributed by atoms with E-state index >= 15 is 0 Å². The minimum Gasteiger partial charge on any atom is -0.469 e. The van der Waals surface area contributed by atoms with Gasteiger partial charge in [0.2, 0.25) is 0 Å². The molecular weight excluding hydrogens is 469 g/mol. The molecule has 144 valence electrons. The van der Waals surface area contributed by atoms with Gasteiger partial charge in [-0.1, -0.05) is 23.4 Å². The summed E-state index contributed by atoms with van der Waals surface area (Å²) < 4.78 is 6.79. The first kappa shape index (κ1) is 19.0. The SMILES string of the molecule is COC(=O)C(C)(C)C(c1ccc2c(c1)C(=O)CC2)c1ccc2c(c1)nnn2I. The van der Waals surface area contributed by atoms with E-state index in [0.717, 1.165) is 39.7 Å². The van der Waals surface area contributed by atoms with Crippen molar-refractivity contribution >= 4 is 45.7 Å². The van der Waals surface area contributed by atoms with Crippen molar-refractivity contribution in [2.24, 2.45) is 5.41 Å². The van der Waals surface area contributed by atoms with Crippen LogP contribution in [-0.2, 0) is 16.0 Å². The molecule has 0 bridgehead atoms. The molecule has 0 saturated carbocycles. The van der Waals surface area contributed by atoms with E-state index in [1.54, 1.807) is 2.90 Å². The summed E-state index contributed by atoms with van der Waals surface area (Å²) >= 11 is 2.08. The Morgan fingerprint density at radius 2 is 1.89 bits per heavy atom. The molecule has 0 aliphatic heterocycles. The van der Waals surface area contributed by atoms with Gasteiger partial charge in [0, 0.05) is 17.9 Å². The van der Waals surface area contributed by atoms with E-state index in [4.69, 9.17) is 4.74 Å². The van der Waals surface area contributed by atoms with Crippen LogP contribution in [0.25, 0.3) is 11.0 Å². The molecule has 1 aliphatic rings. The third-order valence-electron chi connectivity index (χ3n) is 5.58. The van der Waals surface area contributed by atoms with Gasteiger partial charge in [-0.3, -0.25) is 9.59 Å². The van der Waals surface area contributed by atoms with Crippen LogP contribution in [0.3, 0.4) is 0 Å². The zero-order chi connectivity index (χ0) is 20.1. The first-order valence-electron chi connectivity index (χ1n) is 9.09. The number of carbonyl (C=O) groups excluding carboxylic acids is 2. The third kappa shape index (κ3) is 3.01. The molecule has 0 radical (unpaired) electrons. The van der Waals surface area contributed by atoms with E-state index in [0.29, 0.717) is 6.42 Å². The predicted octanol–water partition coefficient (Wildman–Crippen LogP) is 4.09. The molecule has 4 rings (SSSR count). The summed E-state index contributed by atoms with van der Waals surface area (Å²) in [4.78, 5) is 24.9. The van der Waals surface area contributed by atoms with Crippen LogP contribution in [0.5, 0.6) is 0 Å². The van der Waals surface area contributed by atoms with Crippen LogP contribution in [0.15, 0.2) is 36.4 Å². The number of ketones is 1. The van der Waals surface area contributed by atoms with Gasteiger partial charge in [-0.15, -0.1) is 5.10 Å². The van der Waals surface area contributed by atoms with Gasteiger partial charge in [-0.05, 0) is 55.2 Å². The van der Waals surface area contributed by atoms with Gasteiger partial charge in [0.25, 0.3) is 0 Å². The monoisotopic (exact) mass is 489 g/mol. The average Bonchev–Trinajstić information content (AvgIpc) is 3.24. The molecule has 0 amide bonds. The molecule has 0 N–H and O–H groups in total. The van der Waals surface area contributed by atoms with Crippen molar-refractivity contribution in [3.63, 3.8) is 0 Å². The summed E-state index contributed by atoms with van der Waals surface area (Å²) in [5.74, 6) is -0.431. The number of hydrogen-bond donors (Lipinski definition) is 0. The largest absolute Gasteiger partial charge is 0.469 e. The highest BCUT2D eigenvalue weighted by Gasteiger charge is 2.40. The van der Waals surface area contributed by atoms with Gasteiger partial charge in [0.1, 0.15) is 11.0 Å². The summed E-state index contributed by atoms with van der Waals surface area (Å²) in [5.41, 5.74) is 4.53. The van der Waals surface area contributed by atoms with Crippen molar-refractivity contribution < 1.29 is 14.3 Å². The molecule has 1 unspecified atom stereocenters. The lowest BCUT2D eigenvalue weighted by molar-refractivity contribution is -0.151. The zero-order valence-electron chi connectivity index (χ0n) is 15.9. The first-order chi connectivity index (χ1) is 13.3. The molecule has 3 aromatic rings. The highest BCUT2D eigenvalue weighted by atomic mass is 127. The number of aromatic nitrogens is 3. The van der Waals surface area contributed by atoms with Crippen molar-refractivity contribution in [1.29, 1.82) is 0 Å². The fourth-order valence-corrected chi connectivity index (χ4v) is 4.64. The maximum atomic E-state index is 12.7. The number of methoxy groups -OCH3 is 1. The van der Waals surface area contributed by atoms with E-state index < -0.39 is 5.41 Å². The van der Waals surface area contributed by atoms with Crippen LogP contribution in [0, 0.1) is 5.41 Å². The van der Waals surface area contributed by atoms with Gasteiger partial charge in [-0.2, -0.15) is 2.90 Å². The lowest BCUT2D eigenvalue weighted by atomic mass is 9.70. The number of rotatable bonds is 4. The number of aryl methyl sites for hydroxylation is 1. The number of hydrogen-bond acceptors (Lipinski definition) is 5. The molecule has 1 aromatic heterocycles. The van der Waals surface area contributed by atoms with E-state index in [2.05, 4.69) is 33.2 Å². The highest BCUT2D eigenvalue weighted by Crippen LogP contribution is 2.43. The lowest BCUT2D eigenvalue weighted by Crippen LogP contribution is -2.33. The quantitative estimate of drug-likeness (QED) is 0.408. The summed E-state index contributed by atoms with van der Waals surface area (Å²) in [7, 11) is 1.40. The topological polar surface area (TPSA) is 74.1 Å². The van der Waals surface area contributed by atoms with Gasteiger partial charge < -0.3 is 4.74 Å². The van der Waals surface area contributed by atoms with Crippen molar-refractivity contribution in [1.82, 2.24) is 13.2 Å². The standard InChI is InChI=1S/C21H20IN3O3/c1-21(2,20(27)28-3)19(13-5-4-12-7-9-18(26)15(12)10-13)14-6-8-17-16(11-14)23-24-25(17)22/h4-6,8,10-11,19H,7,9H2,1-3H3. The average molecular weight is 489 g/mol. The second-order valence-corrected chi connectivity index (χ2v) is 8.60. The molecule has 28 heavy (non-hydrogen) atoms. The Labute approximate surface area is 176 Å². The number of carbonyl (C=O) groups is 2. The van der Waals surface area contributed by atoms with E-state index in [1.807, 2.05) is 50.2 Å². The molecule has 1 heterocycles. The summed E-state index contributed by atoms with van der Waals surface area (Å²) in [5, 5.41) is 8.26. The predicted molar refractivity (Wildman–Crippen MR) is 114 cm³/mol. The van der Waals surface area contributed by atoms with Gasteiger partial charge in [-0.25, -0.2) is 0 Å². The Bertz CT molecular complexity index is 1100. The second kappa shape index (κ2) is 6.95. The lowest BCUT2D eigenvalue weighted by Gasteiger charge is -2.33. The molecule has 6 nitrogen and oxygen atoms in total. The highest BCUT2D eigenvalue weighted by molar-refractivity contribution is 14.1. The molecule has 1 aliphatic carbocycles. The van der Waals surface area contributed by atoms with Crippen LogP contribution < -0.4 is 0 Å². The third-order valence-corrected chi connectivity index (χ3v) is 6.30. The van der Waals surface area contributed by atoms with Crippen LogP contribution in [0.2, 0.25) is 0 Å². The Morgan fingerprint density at radius 1 is 1.18 bits per heavy atom. The number of benzene rings is 2. The van der Waals surface area contributed by atoms with Gasteiger partial charge >= 0.3 is 5.97 Å². The molecule has 7 heteroatoms. The number of Topliss-reactive ketones (excluding diaryl/α,β-unsaturated/α-hetero) is 1. The van der Waals surface area contributed by atoms with E-state index in [9.17, 15) is 9.59 Å². The maximum absolute atomic E-state index is 12.7. The Morgan fingerprint density at radius 3 is 2.64 bits per heavy atom. The number of ether oxygens (including phenoxy) is 1. The van der Waals surface area contributed by atoms with Gasteiger partial charge in [0.15, 0.2) is 5.78 Å². The Kier molecular flexibility index (Phi) is 4.73. The molecule has 0 fully saturated rings. The minimum absolute atomic E-state index is 0.162. The van der Waals surface area contributed by atoms with E-state index in [-0.39, 0.29) is 17.7 Å². The normalized spacial score (nSPS) is 14.9. The summed E-state index contributed by atoms with van der Waals surface area (Å²) in [6.07, 6.45) is 1.33. The summed E-state index contributed by atoms with van der Waals surface area (Å²) in [6.45, 7) is 3.75. The van der Waals surface area contributed by atoms with Crippen LogP contribution in [-0.4, -0.2) is 32.1 Å². The number of nitrogens with zero attached hydrogens (tertiary/aromatic N) is 3. The smallest absolute Gasteiger partial charge is 0.312 e. The molecule has 0 saturated heterocycles. The first-order valence-corrected chi connectivity index (χ1v) is 10.1. The second-order valence-electron chi connectivity index (χ2n) is 7.68. The van der Waals surface area contributed by atoms with Crippen LogP contribution in [0.1, 0.15) is 53.2 Å². The molecule has 0 spiro atoms. The fourth-order valence-electron chi connectivity index (χ4n) is 4.13. The number of esters is 1. The van der Waals surface area contributed by atoms with Gasteiger partial charge in [0.05, 0.1) is 35.4 Å². The van der Waals surface area contributed by atoms with Crippen molar-refractivity contribution in [3.05, 3.63) is 58.7 Å². The van der Waals surface area contributed by atoms with Crippen molar-refractivity contribution in [3.8, 4) is 0 Å². The molecule has 2 aromatic carbocycles. The molecular formula is C21H20IN3O3. The zero-order valence-corrected chi connectivity index (χ0v) is 18.1. The van der Waals surface area contributed by atoms with Crippen LogP contribution >= 0.6 is 22.9 Å². The molecule has 1 atom stereocenters.